The first-order chi connectivity index (χ1) is 10.9. The van der Waals surface area contributed by atoms with Crippen molar-refractivity contribution in [1.29, 1.82) is 0 Å². The highest BCUT2D eigenvalue weighted by molar-refractivity contribution is 5.80. The summed E-state index contributed by atoms with van der Waals surface area (Å²) in [6.45, 7) is 3.87. The molecule has 1 atom stereocenters. The number of aliphatic imine (C=N–C) groups is 1. The number of aliphatic hydroxyl groups is 1. The van der Waals surface area contributed by atoms with Crippen LogP contribution in [0.3, 0.4) is 0 Å². The molecule has 1 aliphatic heterocycles. The van der Waals surface area contributed by atoms with Crippen LogP contribution in [0.2, 0.25) is 0 Å². The van der Waals surface area contributed by atoms with E-state index in [1.165, 1.54) is 12.1 Å². The SMILES string of the molecule is CC(C)(O)c1ccc(C2COC(Cc3ccc(F)cc3)=N2)cn1. The molecule has 0 spiro atoms. The summed E-state index contributed by atoms with van der Waals surface area (Å²) in [4.78, 5) is 8.86. The molecule has 1 unspecified atom stereocenters. The summed E-state index contributed by atoms with van der Waals surface area (Å²) < 4.78 is 18.5. The number of pyridine rings is 1. The van der Waals surface area contributed by atoms with Gasteiger partial charge in [0.15, 0.2) is 5.90 Å². The van der Waals surface area contributed by atoms with Crippen LogP contribution in [0.5, 0.6) is 0 Å². The summed E-state index contributed by atoms with van der Waals surface area (Å²) in [6, 6.07) is 9.96. The van der Waals surface area contributed by atoms with Gasteiger partial charge in [-0.1, -0.05) is 18.2 Å². The molecule has 1 aliphatic rings. The van der Waals surface area contributed by atoms with Crippen molar-refractivity contribution in [2.75, 3.05) is 6.61 Å². The highest BCUT2D eigenvalue weighted by atomic mass is 19.1. The normalized spacial score (nSPS) is 17.7. The monoisotopic (exact) mass is 314 g/mol. The molecular formula is C18H19FN2O2. The van der Waals surface area contributed by atoms with Gasteiger partial charge in [0.1, 0.15) is 24.1 Å². The Labute approximate surface area is 134 Å². The Kier molecular flexibility index (Phi) is 4.13. The molecule has 2 aromatic rings. The molecule has 23 heavy (non-hydrogen) atoms. The molecule has 1 aromatic heterocycles. The van der Waals surface area contributed by atoms with Crippen LogP contribution < -0.4 is 0 Å². The molecule has 0 bridgehead atoms. The summed E-state index contributed by atoms with van der Waals surface area (Å²) in [5.41, 5.74) is 1.57. The molecule has 0 amide bonds. The fourth-order valence-electron chi connectivity index (χ4n) is 2.43. The molecular weight excluding hydrogens is 295 g/mol. The number of aromatic nitrogens is 1. The fourth-order valence-corrected chi connectivity index (χ4v) is 2.43. The molecule has 1 N–H and O–H groups in total. The van der Waals surface area contributed by atoms with Crippen LogP contribution in [0, 0.1) is 5.82 Å². The number of halogens is 1. The Bertz CT molecular complexity index is 703. The van der Waals surface area contributed by atoms with E-state index < -0.39 is 5.60 Å². The van der Waals surface area contributed by atoms with Crippen LogP contribution >= 0.6 is 0 Å². The van der Waals surface area contributed by atoms with Gasteiger partial charge in [-0.15, -0.1) is 0 Å². The number of hydrogen-bond acceptors (Lipinski definition) is 4. The summed E-state index contributed by atoms with van der Waals surface area (Å²) in [5.74, 6) is 0.395. The lowest BCUT2D eigenvalue weighted by atomic mass is 10.0. The molecule has 0 fully saturated rings. The highest BCUT2D eigenvalue weighted by Crippen LogP contribution is 2.25. The molecule has 5 heteroatoms. The van der Waals surface area contributed by atoms with Gasteiger partial charge in [-0.3, -0.25) is 4.98 Å². The zero-order valence-electron chi connectivity index (χ0n) is 13.2. The van der Waals surface area contributed by atoms with Crippen molar-refractivity contribution in [3.8, 4) is 0 Å². The lowest BCUT2D eigenvalue weighted by Gasteiger charge is -2.16. The average Bonchev–Trinajstić information content (AvgIpc) is 2.97. The van der Waals surface area contributed by atoms with Gasteiger partial charge in [0.05, 0.1) is 5.69 Å². The number of nitrogens with zero attached hydrogens (tertiary/aromatic N) is 2. The Balaban J connectivity index is 1.70. The first-order valence-corrected chi connectivity index (χ1v) is 7.54. The van der Waals surface area contributed by atoms with Crippen LogP contribution in [0.25, 0.3) is 0 Å². The second kappa shape index (κ2) is 6.08. The van der Waals surface area contributed by atoms with Crippen LogP contribution in [0.4, 0.5) is 4.39 Å². The fraction of sp³-hybridized carbons (Fsp3) is 0.333. The van der Waals surface area contributed by atoms with Crippen molar-refractivity contribution >= 4 is 5.90 Å². The molecule has 0 radical (unpaired) electrons. The molecule has 3 rings (SSSR count). The Hall–Kier alpha value is -2.27. The minimum absolute atomic E-state index is 0.0891. The quantitative estimate of drug-likeness (QED) is 0.943. The molecule has 4 nitrogen and oxygen atoms in total. The molecule has 1 aromatic carbocycles. The van der Waals surface area contributed by atoms with Gasteiger partial charge in [0, 0.05) is 12.6 Å². The number of rotatable bonds is 4. The maximum absolute atomic E-state index is 12.9. The van der Waals surface area contributed by atoms with Crippen molar-refractivity contribution in [2.45, 2.75) is 31.9 Å². The molecule has 0 saturated carbocycles. The van der Waals surface area contributed by atoms with E-state index in [0.717, 1.165) is 11.1 Å². The standard InChI is InChI=1S/C18H19FN2O2/c1-18(2,22)16-8-5-13(10-20-16)15-11-23-17(21-15)9-12-3-6-14(19)7-4-12/h3-8,10,15,22H,9,11H2,1-2H3. The van der Waals surface area contributed by atoms with Gasteiger partial charge in [0.25, 0.3) is 0 Å². The number of benzene rings is 1. The van der Waals surface area contributed by atoms with Crippen molar-refractivity contribution in [1.82, 2.24) is 4.98 Å². The predicted molar refractivity (Wildman–Crippen MR) is 85.7 cm³/mol. The summed E-state index contributed by atoms with van der Waals surface area (Å²) in [6.07, 6.45) is 2.28. The smallest absolute Gasteiger partial charge is 0.188 e. The second-order valence-corrected chi connectivity index (χ2v) is 6.19. The number of hydrogen-bond donors (Lipinski definition) is 1. The van der Waals surface area contributed by atoms with Crippen LogP contribution in [0.15, 0.2) is 47.6 Å². The third kappa shape index (κ3) is 3.74. The van der Waals surface area contributed by atoms with Crippen LogP contribution in [-0.4, -0.2) is 22.6 Å². The Morgan fingerprint density at radius 1 is 1.22 bits per heavy atom. The van der Waals surface area contributed by atoms with Crippen molar-refractivity contribution in [3.05, 3.63) is 65.2 Å². The van der Waals surface area contributed by atoms with E-state index >= 15 is 0 Å². The van der Waals surface area contributed by atoms with E-state index in [9.17, 15) is 9.50 Å². The summed E-state index contributed by atoms with van der Waals surface area (Å²) >= 11 is 0. The van der Waals surface area contributed by atoms with Crippen molar-refractivity contribution < 1.29 is 14.2 Å². The van der Waals surface area contributed by atoms with E-state index in [-0.39, 0.29) is 11.9 Å². The third-order valence-electron chi connectivity index (χ3n) is 3.77. The zero-order valence-corrected chi connectivity index (χ0v) is 13.2. The highest BCUT2D eigenvalue weighted by Gasteiger charge is 2.23. The molecule has 2 heterocycles. The topological polar surface area (TPSA) is 54.7 Å². The predicted octanol–water partition coefficient (Wildman–Crippen LogP) is 3.16. The van der Waals surface area contributed by atoms with Crippen molar-refractivity contribution in [2.24, 2.45) is 4.99 Å². The average molecular weight is 314 g/mol. The first kappa shape index (κ1) is 15.6. The van der Waals surface area contributed by atoms with Gasteiger partial charge >= 0.3 is 0 Å². The summed E-state index contributed by atoms with van der Waals surface area (Å²) in [5, 5.41) is 9.93. The molecule has 0 saturated heterocycles. The van der Waals surface area contributed by atoms with Gasteiger partial charge in [-0.25, -0.2) is 9.38 Å². The van der Waals surface area contributed by atoms with E-state index in [2.05, 4.69) is 9.98 Å². The molecule has 120 valence electrons. The van der Waals surface area contributed by atoms with E-state index in [0.29, 0.717) is 24.6 Å². The minimum Gasteiger partial charge on any atom is -0.478 e. The second-order valence-electron chi connectivity index (χ2n) is 6.19. The Morgan fingerprint density at radius 2 is 1.96 bits per heavy atom. The van der Waals surface area contributed by atoms with Gasteiger partial charge in [0.2, 0.25) is 0 Å². The van der Waals surface area contributed by atoms with E-state index in [1.54, 1.807) is 32.2 Å². The van der Waals surface area contributed by atoms with Crippen LogP contribution in [-0.2, 0) is 16.8 Å². The summed E-state index contributed by atoms with van der Waals surface area (Å²) in [7, 11) is 0. The van der Waals surface area contributed by atoms with Crippen LogP contribution in [0.1, 0.15) is 36.7 Å². The van der Waals surface area contributed by atoms with Gasteiger partial charge in [-0.2, -0.15) is 0 Å². The first-order valence-electron chi connectivity index (χ1n) is 7.54. The lowest BCUT2D eigenvalue weighted by Crippen LogP contribution is -2.17. The number of ether oxygens (including phenoxy) is 1. The minimum atomic E-state index is -0.957. The van der Waals surface area contributed by atoms with Gasteiger partial charge in [-0.05, 0) is 43.2 Å². The maximum Gasteiger partial charge on any atom is 0.188 e. The lowest BCUT2D eigenvalue weighted by molar-refractivity contribution is 0.0738. The third-order valence-corrected chi connectivity index (χ3v) is 3.77. The van der Waals surface area contributed by atoms with Crippen molar-refractivity contribution in [3.63, 3.8) is 0 Å². The maximum atomic E-state index is 12.9. The molecule has 0 aliphatic carbocycles. The Morgan fingerprint density at radius 3 is 2.57 bits per heavy atom. The largest absolute Gasteiger partial charge is 0.478 e. The van der Waals surface area contributed by atoms with E-state index in [4.69, 9.17) is 4.74 Å². The zero-order chi connectivity index (χ0) is 16.4. The van der Waals surface area contributed by atoms with Gasteiger partial charge < -0.3 is 9.84 Å². The van der Waals surface area contributed by atoms with E-state index in [1.807, 2.05) is 12.1 Å².